The minimum absolute atomic E-state index is 0.0417. The fourth-order valence-electron chi connectivity index (χ4n) is 8.20. The van der Waals surface area contributed by atoms with Crippen molar-refractivity contribution in [2.75, 3.05) is 35.3 Å². The number of carbonyl (C=O) groups is 3. The molecule has 0 aromatic rings. The number of fused-ring (bicyclic) bond motifs is 1. The van der Waals surface area contributed by atoms with E-state index in [1.165, 1.54) is 0 Å². The van der Waals surface area contributed by atoms with E-state index in [2.05, 4.69) is 4.90 Å². The zero-order valence-corrected chi connectivity index (χ0v) is 30.2. The van der Waals surface area contributed by atoms with Gasteiger partial charge in [0.25, 0.3) is 0 Å². The summed E-state index contributed by atoms with van der Waals surface area (Å²) in [6.45, 7) is 17.2. The van der Waals surface area contributed by atoms with Crippen LogP contribution in [0.15, 0.2) is 0 Å². The normalized spacial score (nSPS) is 42.8. The first kappa shape index (κ1) is 36.8. The highest BCUT2D eigenvalue weighted by atomic mass is 32.1. The van der Waals surface area contributed by atoms with Crippen molar-refractivity contribution in [2.45, 2.75) is 123 Å². The van der Waals surface area contributed by atoms with Crippen molar-refractivity contribution in [1.29, 1.82) is 0 Å². The van der Waals surface area contributed by atoms with Gasteiger partial charge in [0.2, 0.25) is 0 Å². The maximum absolute atomic E-state index is 14.2. The third-order valence-electron chi connectivity index (χ3n) is 10.9. The van der Waals surface area contributed by atoms with Crippen molar-refractivity contribution in [3.63, 3.8) is 0 Å². The van der Waals surface area contributed by atoms with Gasteiger partial charge in [-0.2, -0.15) is 0 Å². The van der Waals surface area contributed by atoms with Crippen molar-refractivity contribution in [3.05, 3.63) is 0 Å². The molecule has 3 rings (SSSR count). The summed E-state index contributed by atoms with van der Waals surface area (Å²) >= 11 is 5.75. The Hall–Kier alpha value is -1.66. The van der Waals surface area contributed by atoms with E-state index in [1.807, 2.05) is 86.5 Å². The van der Waals surface area contributed by atoms with Gasteiger partial charge in [0.15, 0.2) is 17.2 Å². The summed E-state index contributed by atoms with van der Waals surface area (Å²) in [7, 11) is 9.41. The molecule has 8 unspecified atom stereocenters. The van der Waals surface area contributed by atoms with E-state index in [0.717, 1.165) is 6.42 Å². The van der Waals surface area contributed by atoms with Gasteiger partial charge in [-0.25, -0.2) is 0 Å². The van der Waals surface area contributed by atoms with Crippen LogP contribution in [0.2, 0.25) is 0 Å². The van der Waals surface area contributed by atoms with Crippen LogP contribution in [0.25, 0.3) is 0 Å². The Morgan fingerprint density at radius 1 is 0.955 bits per heavy atom. The second kappa shape index (κ2) is 13.6. The molecule has 252 valence electrons. The highest BCUT2D eigenvalue weighted by Crippen LogP contribution is 2.44. The number of thiocarbonyl (C=S) groups is 1. The quantitative estimate of drug-likeness (QED) is 0.255. The molecule has 3 saturated heterocycles. The number of esters is 1. The van der Waals surface area contributed by atoms with E-state index >= 15 is 0 Å². The topological polar surface area (TPSA) is 97.8 Å². The average Bonchev–Trinajstić information content (AvgIpc) is 3.12. The van der Waals surface area contributed by atoms with Crippen LogP contribution in [-0.4, -0.2) is 121 Å². The highest BCUT2D eigenvalue weighted by Gasteiger charge is 2.58. The molecular formula is C33H57N3O7S. The van der Waals surface area contributed by atoms with Gasteiger partial charge >= 0.3 is 5.97 Å². The number of methoxy groups -OCH3 is 1. The molecule has 3 heterocycles. The Morgan fingerprint density at radius 2 is 1.55 bits per heavy atom. The molecule has 0 aromatic heterocycles. The predicted molar refractivity (Wildman–Crippen MR) is 173 cm³/mol. The maximum atomic E-state index is 14.2. The van der Waals surface area contributed by atoms with Gasteiger partial charge in [-0.1, -0.05) is 34.6 Å². The van der Waals surface area contributed by atoms with Gasteiger partial charge in [-0.3, -0.25) is 14.4 Å². The lowest BCUT2D eigenvalue weighted by molar-refractivity contribution is -0.289. The number of Topliss-reactive ketones (excluding diaryl/α,β-unsaturated/α-hetero) is 2. The molecular weight excluding hydrogens is 582 g/mol. The summed E-state index contributed by atoms with van der Waals surface area (Å²) in [5, 5.41) is 0.578. The van der Waals surface area contributed by atoms with Crippen molar-refractivity contribution in [3.8, 4) is 0 Å². The minimum atomic E-state index is -1.02. The molecule has 0 aliphatic carbocycles. The molecule has 0 bridgehead atoms. The monoisotopic (exact) mass is 639 g/mol. The van der Waals surface area contributed by atoms with Crippen LogP contribution in [0.5, 0.6) is 0 Å². The second-order valence-corrected chi connectivity index (χ2v) is 15.1. The highest BCUT2D eigenvalue weighted by molar-refractivity contribution is 7.80. The Labute approximate surface area is 270 Å². The molecule has 3 fully saturated rings. The fraction of sp³-hybridized carbons (Fsp3) is 0.879. The third kappa shape index (κ3) is 6.59. The molecule has 10 nitrogen and oxygen atoms in total. The molecule has 0 aromatic carbocycles. The molecule has 11 heteroatoms. The van der Waals surface area contributed by atoms with Crippen LogP contribution < -0.4 is 0 Å². The van der Waals surface area contributed by atoms with E-state index in [-0.39, 0.29) is 35.7 Å². The molecule has 0 saturated carbocycles. The number of cyclic esters (lactones) is 1. The average molecular weight is 640 g/mol. The van der Waals surface area contributed by atoms with Crippen molar-refractivity contribution in [2.24, 2.45) is 29.1 Å². The van der Waals surface area contributed by atoms with Crippen LogP contribution in [0.1, 0.15) is 75.2 Å². The predicted octanol–water partition coefficient (Wildman–Crippen LogP) is 3.79. The van der Waals surface area contributed by atoms with Gasteiger partial charge in [0.05, 0.1) is 23.8 Å². The molecule has 12 atom stereocenters. The SMILES string of the molecule is COC1C(OC2[C@@H](C)C(=O)[C@@H](C)C(=O)O[C@H](C)C3(C)C(C(C)C(=O)C(C)CC2(C)C)N(C)C(=S)N3C)O[C@H](C)CC1N(C)C. The second-order valence-electron chi connectivity index (χ2n) is 14.7. The van der Waals surface area contributed by atoms with Gasteiger partial charge in [0.1, 0.15) is 23.9 Å². The molecule has 3 aliphatic heterocycles. The van der Waals surface area contributed by atoms with Crippen LogP contribution >= 0.6 is 12.2 Å². The third-order valence-corrected chi connectivity index (χ3v) is 11.5. The summed E-state index contributed by atoms with van der Waals surface area (Å²) in [6.07, 6.45) is -1.33. The zero-order chi connectivity index (χ0) is 33.6. The van der Waals surface area contributed by atoms with Gasteiger partial charge in [-0.05, 0) is 72.3 Å². The van der Waals surface area contributed by atoms with E-state index in [0.29, 0.717) is 11.5 Å². The van der Waals surface area contributed by atoms with E-state index < -0.39 is 59.3 Å². The molecule has 0 amide bonds. The molecule has 0 N–H and O–H groups in total. The Bertz CT molecular complexity index is 1100. The Kier molecular flexibility index (Phi) is 11.4. The van der Waals surface area contributed by atoms with E-state index in [9.17, 15) is 14.4 Å². The summed E-state index contributed by atoms with van der Waals surface area (Å²) in [4.78, 5) is 47.9. The molecule has 0 radical (unpaired) electrons. The first-order chi connectivity index (χ1) is 20.2. The van der Waals surface area contributed by atoms with Crippen LogP contribution in [0, 0.1) is 29.1 Å². The van der Waals surface area contributed by atoms with Gasteiger partial charge < -0.3 is 33.6 Å². The number of hydrogen-bond acceptors (Lipinski definition) is 9. The Balaban J connectivity index is 2.09. The number of ketones is 2. The summed E-state index contributed by atoms with van der Waals surface area (Å²) in [5.74, 6) is -3.27. The van der Waals surface area contributed by atoms with E-state index in [4.69, 9.17) is 31.2 Å². The van der Waals surface area contributed by atoms with Crippen LogP contribution in [-0.2, 0) is 33.3 Å². The lowest BCUT2D eigenvalue weighted by atomic mass is 9.69. The zero-order valence-electron chi connectivity index (χ0n) is 29.4. The lowest BCUT2D eigenvalue weighted by Gasteiger charge is -2.47. The first-order valence-electron chi connectivity index (χ1n) is 16.0. The van der Waals surface area contributed by atoms with Crippen molar-refractivity contribution < 1.29 is 33.3 Å². The van der Waals surface area contributed by atoms with Crippen molar-refractivity contribution >= 4 is 34.9 Å². The smallest absolute Gasteiger partial charge is 0.316 e. The number of ether oxygens (including phenoxy) is 4. The van der Waals surface area contributed by atoms with Gasteiger partial charge in [-0.15, -0.1) is 0 Å². The molecule has 44 heavy (non-hydrogen) atoms. The van der Waals surface area contributed by atoms with Crippen molar-refractivity contribution in [1.82, 2.24) is 14.7 Å². The largest absolute Gasteiger partial charge is 0.460 e. The summed E-state index contributed by atoms with van der Waals surface area (Å²) in [5.41, 5.74) is -1.44. The molecule has 0 spiro atoms. The minimum Gasteiger partial charge on any atom is -0.460 e. The standard InChI is InChI=1S/C33H57N3O7S/c1-17-16-32(7,8)28(43-30-26(40-14)23(34(10)11)15-18(2)41-30)20(4)25(38)21(5)29(39)42-22(6)33(9)27(19(3)24(17)37)35(12)31(44)36(33)13/h17-23,26-28,30H,15-16H2,1-14H3/t17?,18-,19?,20+,21-,22-,23?,26?,27?,28?,30?,33?/m1/s1. The number of nitrogens with zero attached hydrogens (tertiary/aromatic N) is 3. The number of carbonyl (C=O) groups excluding carboxylic acids is 3. The number of rotatable bonds is 4. The first-order valence-corrected chi connectivity index (χ1v) is 16.4. The number of likely N-dealkylation sites (N-methyl/N-ethyl adjacent to an activating group) is 3. The molecule has 3 aliphatic rings. The maximum Gasteiger partial charge on any atom is 0.316 e. The Morgan fingerprint density at radius 3 is 2.09 bits per heavy atom. The van der Waals surface area contributed by atoms with Crippen LogP contribution in [0.4, 0.5) is 0 Å². The summed E-state index contributed by atoms with van der Waals surface area (Å²) in [6, 6.07) is -0.302. The number of hydrogen-bond donors (Lipinski definition) is 0. The fourth-order valence-corrected chi connectivity index (χ4v) is 8.51. The van der Waals surface area contributed by atoms with E-state index in [1.54, 1.807) is 21.0 Å². The van der Waals surface area contributed by atoms with Gasteiger partial charge in [0, 0.05) is 45.0 Å². The van der Waals surface area contributed by atoms with Crippen LogP contribution in [0.3, 0.4) is 0 Å². The lowest BCUT2D eigenvalue weighted by Crippen LogP contribution is -2.60. The summed E-state index contributed by atoms with van der Waals surface area (Å²) < 4.78 is 25.1.